The summed E-state index contributed by atoms with van der Waals surface area (Å²) in [6, 6.07) is 3.71. The van der Waals surface area contributed by atoms with Gasteiger partial charge in [0.25, 0.3) is 0 Å². The molecule has 1 rings (SSSR count). The second-order valence-electron chi connectivity index (χ2n) is 3.44. The van der Waals surface area contributed by atoms with E-state index in [0.29, 0.717) is 12.1 Å². The number of benzene rings is 1. The third-order valence-corrected chi connectivity index (χ3v) is 2.05. The van der Waals surface area contributed by atoms with Crippen molar-refractivity contribution in [3.63, 3.8) is 0 Å². The first kappa shape index (κ1) is 12.9. The molecule has 2 amide bonds. The molecule has 0 unspecified atom stereocenters. The molecule has 0 spiro atoms. The minimum absolute atomic E-state index is 0.163. The number of rotatable bonds is 4. The lowest BCUT2D eigenvalue weighted by atomic mass is 10.1. The molecule has 0 atom stereocenters. The number of nitrogens with one attached hydrogen (secondary N) is 1. The fourth-order valence-electron chi connectivity index (χ4n) is 1.28. The lowest BCUT2D eigenvalue weighted by Gasteiger charge is -2.02. The number of primary amides is 1. The van der Waals surface area contributed by atoms with Gasteiger partial charge in [0.1, 0.15) is 5.82 Å². The molecule has 0 saturated heterocycles. The Bertz CT molecular complexity index is 470. The number of nitrogens with two attached hydrogens (primary N) is 1. The summed E-state index contributed by atoms with van der Waals surface area (Å²) in [6.07, 6.45) is 3.15. The highest BCUT2D eigenvalue weighted by atomic mass is 19.1. The number of carbonyl (C=O) groups excluding carboxylic acids is 2. The van der Waals surface area contributed by atoms with Crippen molar-refractivity contribution >= 4 is 17.9 Å². The second-order valence-corrected chi connectivity index (χ2v) is 3.44. The predicted octanol–water partition coefficient (Wildman–Crippen LogP) is 1.07. The Labute approximate surface area is 98.3 Å². The van der Waals surface area contributed by atoms with Gasteiger partial charge in [0.2, 0.25) is 11.8 Å². The highest BCUT2D eigenvalue weighted by molar-refractivity contribution is 5.96. The quantitative estimate of drug-likeness (QED) is 0.820. The third kappa shape index (κ3) is 4.06. The topological polar surface area (TPSA) is 72.2 Å². The summed E-state index contributed by atoms with van der Waals surface area (Å²) in [5.74, 6) is -1.23. The highest BCUT2D eigenvalue weighted by Gasteiger charge is 2.06. The molecule has 1 aromatic carbocycles. The molecule has 0 aliphatic heterocycles. The predicted molar refractivity (Wildman–Crippen MR) is 62.6 cm³/mol. The van der Waals surface area contributed by atoms with Crippen molar-refractivity contribution < 1.29 is 14.0 Å². The van der Waals surface area contributed by atoms with E-state index in [1.807, 2.05) is 0 Å². The van der Waals surface area contributed by atoms with Gasteiger partial charge in [-0.3, -0.25) is 9.59 Å². The number of hydrogen-bond donors (Lipinski definition) is 2. The molecule has 0 heterocycles. The molecule has 0 aliphatic rings. The van der Waals surface area contributed by atoms with Crippen LogP contribution in [0.5, 0.6) is 0 Å². The van der Waals surface area contributed by atoms with Crippen molar-refractivity contribution in [2.24, 2.45) is 5.73 Å². The van der Waals surface area contributed by atoms with Gasteiger partial charge in [-0.15, -0.1) is 0 Å². The van der Waals surface area contributed by atoms with Crippen molar-refractivity contribution in [1.82, 2.24) is 5.32 Å². The van der Waals surface area contributed by atoms with E-state index in [0.717, 1.165) is 0 Å². The Kier molecular flexibility index (Phi) is 4.39. The molecule has 4 nitrogen and oxygen atoms in total. The first-order chi connectivity index (χ1) is 8.00. The number of halogens is 1. The summed E-state index contributed by atoms with van der Waals surface area (Å²) >= 11 is 0. The van der Waals surface area contributed by atoms with Crippen LogP contribution in [0.25, 0.3) is 6.08 Å². The smallest absolute Gasteiger partial charge is 0.249 e. The summed E-state index contributed by atoms with van der Waals surface area (Å²) in [6.45, 7) is 1.70. The molecular formula is C12H13FN2O2. The molecule has 3 N–H and O–H groups in total. The van der Waals surface area contributed by atoms with Crippen LogP contribution in [-0.2, 0) is 4.79 Å². The van der Waals surface area contributed by atoms with Crippen molar-refractivity contribution in [3.8, 4) is 0 Å². The van der Waals surface area contributed by atoms with Crippen LogP contribution >= 0.6 is 0 Å². The minimum atomic E-state index is -0.621. The van der Waals surface area contributed by atoms with Gasteiger partial charge in [-0.2, -0.15) is 0 Å². The fraction of sp³-hybridized carbons (Fsp3) is 0.167. The normalized spacial score (nSPS) is 10.5. The van der Waals surface area contributed by atoms with Gasteiger partial charge in [-0.1, -0.05) is 12.2 Å². The van der Waals surface area contributed by atoms with E-state index in [9.17, 15) is 14.0 Å². The van der Waals surface area contributed by atoms with Crippen LogP contribution in [0.4, 0.5) is 4.39 Å². The van der Waals surface area contributed by atoms with Gasteiger partial charge >= 0.3 is 0 Å². The van der Waals surface area contributed by atoms with E-state index in [1.165, 1.54) is 25.1 Å². The fourth-order valence-corrected chi connectivity index (χ4v) is 1.28. The summed E-state index contributed by atoms with van der Waals surface area (Å²) < 4.78 is 13.0. The third-order valence-electron chi connectivity index (χ3n) is 2.05. The molecule has 0 saturated carbocycles. The zero-order chi connectivity index (χ0) is 12.8. The van der Waals surface area contributed by atoms with Crippen LogP contribution in [-0.4, -0.2) is 18.4 Å². The Morgan fingerprint density at radius 3 is 2.76 bits per heavy atom. The summed E-state index contributed by atoms with van der Waals surface area (Å²) in [5, 5.41) is 2.54. The van der Waals surface area contributed by atoms with E-state index in [1.54, 1.807) is 12.2 Å². The van der Waals surface area contributed by atoms with Crippen molar-refractivity contribution in [2.75, 3.05) is 6.54 Å². The zero-order valence-electron chi connectivity index (χ0n) is 9.37. The van der Waals surface area contributed by atoms with Crippen molar-refractivity contribution in [1.29, 1.82) is 0 Å². The summed E-state index contributed by atoms with van der Waals surface area (Å²) in [5.41, 5.74) is 5.78. The van der Waals surface area contributed by atoms with Crippen LogP contribution in [0.15, 0.2) is 24.3 Å². The van der Waals surface area contributed by atoms with Crippen LogP contribution in [0.1, 0.15) is 22.8 Å². The molecule has 0 aromatic heterocycles. The van der Waals surface area contributed by atoms with Crippen LogP contribution < -0.4 is 11.1 Å². The standard InChI is InChI=1S/C12H13FN2O2/c1-8(16)15-6-2-3-9-7-10(13)4-5-11(9)12(14)17/h2-5,7H,6H2,1H3,(H2,14,17)(H,15,16). The first-order valence-corrected chi connectivity index (χ1v) is 5.01. The Morgan fingerprint density at radius 1 is 1.47 bits per heavy atom. The Balaban J connectivity index is 2.85. The SMILES string of the molecule is CC(=O)NCC=Cc1cc(F)ccc1C(N)=O. The lowest BCUT2D eigenvalue weighted by molar-refractivity contribution is -0.118. The van der Waals surface area contributed by atoms with Gasteiger partial charge in [-0.25, -0.2) is 4.39 Å². The molecular weight excluding hydrogens is 223 g/mol. The molecule has 17 heavy (non-hydrogen) atoms. The van der Waals surface area contributed by atoms with Gasteiger partial charge in [0.05, 0.1) is 0 Å². The number of carbonyl (C=O) groups is 2. The molecule has 0 aliphatic carbocycles. The van der Waals surface area contributed by atoms with Gasteiger partial charge in [0, 0.05) is 19.0 Å². The summed E-state index contributed by atoms with van der Waals surface area (Å²) in [4.78, 5) is 21.7. The average Bonchev–Trinajstić information content (AvgIpc) is 2.23. The average molecular weight is 236 g/mol. The van der Waals surface area contributed by atoms with E-state index < -0.39 is 11.7 Å². The zero-order valence-corrected chi connectivity index (χ0v) is 9.37. The van der Waals surface area contributed by atoms with E-state index >= 15 is 0 Å². The molecule has 0 radical (unpaired) electrons. The number of hydrogen-bond acceptors (Lipinski definition) is 2. The largest absolute Gasteiger partial charge is 0.366 e. The first-order valence-electron chi connectivity index (χ1n) is 5.01. The van der Waals surface area contributed by atoms with Crippen molar-refractivity contribution in [3.05, 3.63) is 41.2 Å². The molecule has 90 valence electrons. The van der Waals surface area contributed by atoms with Crippen LogP contribution in [0, 0.1) is 5.82 Å². The molecule has 1 aromatic rings. The second kappa shape index (κ2) is 5.79. The van der Waals surface area contributed by atoms with E-state index in [4.69, 9.17) is 5.73 Å². The molecule has 5 heteroatoms. The van der Waals surface area contributed by atoms with E-state index in [-0.39, 0.29) is 11.5 Å². The van der Waals surface area contributed by atoms with Gasteiger partial charge < -0.3 is 11.1 Å². The van der Waals surface area contributed by atoms with Gasteiger partial charge in [0.15, 0.2) is 0 Å². The maximum Gasteiger partial charge on any atom is 0.249 e. The van der Waals surface area contributed by atoms with Crippen LogP contribution in [0.3, 0.4) is 0 Å². The lowest BCUT2D eigenvalue weighted by Crippen LogP contribution is -2.19. The maximum atomic E-state index is 13.0. The highest BCUT2D eigenvalue weighted by Crippen LogP contribution is 2.12. The molecule has 0 bridgehead atoms. The van der Waals surface area contributed by atoms with Gasteiger partial charge in [-0.05, 0) is 23.8 Å². The van der Waals surface area contributed by atoms with Crippen LogP contribution in [0.2, 0.25) is 0 Å². The monoisotopic (exact) mass is 236 g/mol. The summed E-state index contributed by atoms with van der Waals surface area (Å²) in [7, 11) is 0. The minimum Gasteiger partial charge on any atom is -0.366 e. The van der Waals surface area contributed by atoms with Crippen molar-refractivity contribution in [2.45, 2.75) is 6.92 Å². The Hall–Kier alpha value is -2.17. The number of amides is 2. The Morgan fingerprint density at radius 2 is 2.18 bits per heavy atom. The maximum absolute atomic E-state index is 13.0. The molecule has 0 fully saturated rings. The van der Waals surface area contributed by atoms with E-state index in [2.05, 4.69) is 5.32 Å².